The first-order valence-electron chi connectivity index (χ1n) is 9.90. The number of anilines is 1. The van der Waals surface area contributed by atoms with Gasteiger partial charge in [0.25, 0.3) is 5.91 Å². The zero-order valence-corrected chi connectivity index (χ0v) is 17.8. The molecule has 0 aliphatic heterocycles. The molecular formula is C23H29N3O4. The predicted molar refractivity (Wildman–Crippen MR) is 116 cm³/mol. The molecule has 0 aromatic heterocycles. The van der Waals surface area contributed by atoms with Gasteiger partial charge in [-0.1, -0.05) is 62.4 Å². The fraction of sp³-hybridized carbons (Fsp3) is 0.348. The molecule has 0 aliphatic carbocycles. The molecular weight excluding hydrogens is 382 g/mol. The molecule has 7 heteroatoms. The number of amides is 3. The lowest BCUT2D eigenvalue weighted by Gasteiger charge is -2.25. The molecule has 2 rings (SSSR count). The molecule has 3 amide bonds. The van der Waals surface area contributed by atoms with Crippen molar-refractivity contribution in [1.29, 1.82) is 0 Å². The molecule has 2 aromatic carbocycles. The summed E-state index contributed by atoms with van der Waals surface area (Å²) in [6.45, 7) is 5.53. The number of hydrogen-bond donors (Lipinski definition) is 2. The van der Waals surface area contributed by atoms with E-state index in [2.05, 4.69) is 10.6 Å². The maximum absolute atomic E-state index is 12.6. The van der Waals surface area contributed by atoms with Crippen LogP contribution in [0.3, 0.4) is 0 Å². The number of benzene rings is 2. The molecule has 160 valence electrons. The summed E-state index contributed by atoms with van der Waals surface area (Å²) in [6, 6.07) is 17.1. The number of hydrogen-bond acceptors (Lipinski definition) is 4. The van der Waals surface area contributed by atoms with Gasteiger partial charge < -0.3 is 20.3 Å². The van der Waals surface area contributed by atoms with Crippen molar-refractivity contribution < 1.29 is 19.1 Å². The fourth-order valence-corrected chi connectivity index (χ4v) is 2.87. The summed E-state index contributed by atoms with van der Waals surface area (Å²) in [6.07, 6.45) is -0.966. The van der Waals surface area contributed by atoms with Gasteiger partial charge in [-0.3, -0.25) is 4.79 Å². The zero-order valence-electron chi connectivity index (χ0n) is 17.8. The van der Waals surface area contributed by atoms with Crippen LogP contribution in [-0.4, -0.2) is 42.0 Å². The van der Waals surface area contributed by atoms with E-state index in [0.29, 0.717) is 12.2 Å². The number of carbonyl (C=O) groups is 3. The Balaban J connectivity index is 1.92. The highest BCUT2D eigenvalue weighted by Crippen LogP contribution is 2.11. The lowest BCUT2D eigenvalue weighted by molar-refractivity contribution is -0.161. The highest BCUT2D eigenvalue weighted by atomic mass is 16.5. The number of nitrogens with zero attached hydrogens (tertiary/aromatic N) is 1. The highest BCUT2D eigenvalue weighted by Gasteiger charge is 2.30. The third-order valence-corrected chi connectivity index (χ3v) is 4.52. The minimum absolute atomic E-state index is 0.219. The van der Waals surface area contributed by atoms with E-state index in [-0.39, 0.29) is 11.8 Å². The smallest absolute Gasteiger partial charge is 0.329 e. The second kappa shape index (κ2) is 11.0. The number of likely N-dealkylation sites (N-methyl/N-ethyl adjacent to an activating group) is 1. The van der Waals surface area contributed by atoms with E-state index in [1.807, 2.05) is 36.4 Å². The van der Waals surface area contributed by atoms with Crippen LogP contribution in [0, 0.1) is 5.92 Å². The average Bonchev–Trinajstić information content (AvgIpc) is 2.72. The standard InChI is InChI=1S/C23H29N3O4/c1-16(2)20(25-23(29)24-19-13-9-6-10-14-19)22(28)30-17(3)21(27)26(4)15-18-11-7-5-8-12-18/h5-14,16-17,20H,15H2,1-4H3,(H2,24,25,29)/t17-,20+/m1/s1. The van der Waals surface area contributed by atoms with Gasteiger partial charge in [-0.25, -0.2) is 9.59 Å². The van der Waals surface area contributed by atoms with Crippen molar-refractivity contribution in [2.24, 2.45) is 5.92 Å². The van der Waals surface area contributed by atoms with Gasteiger partial charge >= 0.3 is 12.0 Å². The number of ether oxygens (including phenoxy) is 1. The van der Waals surface area contributed by atoms with Gasteiger partial charge in [0, 0.05) is 19.3 Å². The third-order valence-electron chi connectivity index (χ3n) is 4.52. The molecule has 2 N–H and O–H groups in total. The summed E-state index contributed by atoms with van der Waals surface area (Å²) < 4.78 is 5.37. The van der Waals surface area contributed by atoms with E-state index in [1.54, 1.807) is 45.2 Å². The molecule has 7 nitrogen and oxygen atoms in total. The Morgan fingerprint density at radius 3 is 2.07 bits per heavy atom. The van der Waals surface area contributed by atoms with Gasteiger partial charge in [0.2, 0.25) is 0 Å². The molecule has 2 aromatic rings. The molecule has 0 bridgehead atoms. The second-order valence-electron chi connectivity index (χ2n) is 7.45. The molecule has 0 saturated heterocycles. The van der Waals surface area contributed by atoms with Crippen molar-refractivity contribution in [3.63, 3.8) is 0 Å². The Morgan fingerprint density at radius 1 is 0.933 bits per heavy atom. The first kappa shape index (κ1) is 22.9. The summed E-state index contributed by atoms with van der Waals surface area (Å²) in [4.78, 5) is 39.0. The molecule has 0 spiro atoms. The molecule has 0 aliphatic rings. The summed E-state index contributed by atoms with van der Waals surface area (Å²) in [5, 5.41) is 5.30. The van der Waals surface area contributed by atoms with Crippen molar-refractivity contribution in [1.82, 2.24) is 10.2 Å². The van der Waals surface area contributed by atoms with Crippen LogP contribution >= 0.6 is 0 Å². The van der Waals surface area contributed by atoms with Crippen LogP contribution in [0.1, 0.15) is 26.3 Å². The van der Waals surface area contributed by atoms with E-state index in [4.69, 9.17) is 4.74 Å². The van der Waals surface area contributed by atoms with E-state index < -0.39 is 24.1 Å². The van der Waals surface area contributed by atoms with E-state index in [1.165, 1.54) is 11.8 Å². The number of esters is 1. The summed E-state index contributed by atoms with van der Waals surface area (Å²) in [5.41, 5.74) is 1.59. The summed E-state index contributed by atoms with van der Waals surface area (Å²) in [5.74, 6) is -1.19. The van der Waals surface area contributed by atoms with E-state index in [0.717, 1.165) is 5.56 Å². The Bertz CT molecular complexity index is 840. The van der Waals surface area contributed by atoms with Crippen molar-refractivity contribution in [3.8, 4) is 0 Å². The summed E-state index contributed by atoms with van der Waals surface area (Å²) in [7, 11) is 1.66. The number of para-hydroxylation sites is 1. The van der Waals surface area contributed by atoms with Gasteiger partial charge in [0.05, 0.1) is 0 Å². The molecule has 0 saturated carbocycles. The monoisotopic (exact) mass is 411 g/mol. The van der Waals surface area contributed by atoms with Gasteiger partial charge in [-0.05, 0) is 30.5 Å². The molecule has 0 heterocycles. The van der Waals surface area contributed by atoms with E-state index in [9.17, 15) is 14.4 Å². The van der Waals surface area contributed by atoms with Crippen molar-refractivity contribution in [3.05, 3.63) is 66.2 Å². The second-order valence-corrected chi connectivity index (χ2v) is 7.45. The predicted octanol–water partition coefficient (Wildman–Crippen LogP) is 3.42. The van der Waals surface area contributed by atoms with Crippen LogP contribution in [0.4, 0.5) is 10.5 Å². The maximum atomic E-state index is 12.6. The van der Waals surface area contributed by atoms with Crippen molar-refractivity contribution in [2.45, 2.75) is 39.5 Å². The molecule has 0 unspecified atom stereocenters. The van der Waals surface area contributed by atoms with Crippen LogP contribution in [0.5, 0.6) is 0 Å². The average molecular weight is 412 g/mol. The normalized spacial score (nSPS) is 12.6. The van der Waals surface area contributed by atoms with Crippen molar-refractivity contribution >= 4 is 23.6 Å². The van der Waals surface area contributed by atoms with Crippen LogP contribution < -0.4 is 10.6 Å². The van der Waals surface area contributed by atoms with Gasteiger partial charge in [-0.2, -0.15) is 0 Å². The Kier molecular flexibility index (Phi) is 8.41. The lowest BCUT2D eigenvalue weighted by Crippen LogP contribution is -2.49. The SMILES string of the molecule is CC(C)[C@H](NC(=O)Nc1ccccc1)C(=O)O[C@H](C)C(=O)N(C)Cc1ccccc1. The van der Waals surface area contributed by atoms with Crippen LogP contribution in [0.25, 0.3) is 0 Å². The molecule has 2 atom stereocenters. The van der Waals surface area contributed by atoms with Gasteiger partial charge in [-0.15, -0.1) is 0 Å². The lowest BCUT2D eigenvalue weighted by atomic mass is 10.0. The van der Waals surface area contributed by atoms with Gasteiger partial charge in [0.15, 0.2) is 6.10 Å². The number of nitrogens with one attached hydrogen (secondary N) is 2. The minimum Gasteiger partial charge on any atom is -0.451 e. The molecule has 0 radical (unpaired) electrons. The van der Waals surface area contributed by atoms with Gasteiger partial charge in [0.1, 0.15) is 6.04 Å². The van der Waals surface area contributed by atoms with Crippen LogP contribution in [0.15, 0.2) is 60.7 Å². The largest absolute Gasteiger partial charge is 0.451 e. The topological polar surface area (TPSA) is 87.7 Å². The third kappa shape index (κ3) is 6.92. The quantitative estimate of drug-likeness (QED) is 0.652. The molecule has 0 fully saturated rings. The Morgan fingerprint density at radius 2 is 1.50 bits per heavy atom. The van der Waals surface area contributed by atoms with Crippen molar-refractivity contribution in [2.75, 3.05) is 12.4 Å². The fourth-order valence-electron chi connectivity index (χ4n) is 2.87. The molecule has 30 heavy (non-hydrogen) atoms. The Hall–Kier alpha value is -3.35. The zero-order chi connectivity index (χ0) is 22.1. The highest BCUT2D eigenvalue weighted by molar-refractivity contribution is 5.93. The number of urea groups is 1. The first-order chi connectivity index (χ1) is 14.3. The number of carbonyl (C=O) groups excluding carboxylic acids is 3. The maximum Gasteiger partial charge on any atom is 0.329 e. The first-order valence-corrected chi connectivity index (χ1v) is 9.90. The van der Waals surface area contributed by atoms with Crippen LogP contribution in [0.2, 0.25) is 0 Å². The number of rotatable bonds is 8. The Labute approximate surface area is 177 Å². The van der Waals surface area contributed by atoms with E-state index >= 15 is 0 Å². The summed E-state index contributed by atoms with van der Waals surface area (Å²) >= 11 is 0. The minimum atomic E-state index is -0.966. The van der Waals surface area contributed by atoms with Crippen LogP contribution in [-0.2, 0) is 20.9 Å².